The molecular formula is C35H36F2N8O4. The molecule has 6 heterocycles. The number of likely N-dealkylation sites (N-methyl/N-ethyl adjacent to an activating group) is 1. The summed E-state index contributed by atoms with van der Waals surface area (Å²) in [5.74, 6) is -0.799. The van der Waals surface area contributed by atoms with Crippen LogP contribution in [0, 0.1) is 11.6 Å². The van der Waals surface area contributed by atoms with E-state index in [-0.39, 0.29) is 52.4 Å². The Kier molecular flexibility index (Phi) is 7.02. The lowest BCUT2D eigenvalue weighted by molar-refractivity contribution is 0.245. The summed E-state index contributed by atoms with van der Waals surface area (Å²) < 4.78 is 47.5. The summed E-state index contributed by atoms with van der Waals surface area (Å²) in [6.07, 6.45) is 5.22. The molecule has 14 heteroatoms. The van der Waals surface area contributed by atoms with Crippen LogP contribution in [0.1, 0.15) is 31.8 Å². The molecule has 254 valence electrons. The Bertz CT molecular complexity index is 2260. The van der Waals surface area contributed by atoms with E-state index >= 15 is 8.78 Å². The quantitative estimate of drug-likeness (QED) is 0.297. The topological polar surface area (TPSA) is 114 Å². The van der Waals surface area contributed by atoms with Gasteiger partial charge in [0, 0.05) is 76.2 Å². The Morgan fingerprint density at radius 3 is 2.16 bits per heavy atom. The van der Waals surface area contributed by atoms with Crippen LogP contribution < -0.4 is 30.7 Å². The van der Waals surface area contributed by atoms with Gasteiger partial charge in [0.05, 0.1) is 28.1 Å². The van der Waals surface area contributed by atoms with Gasteiger partial charge in [-0.1, -0.05) is 0 Å². The van der Waals surface area contributed by atoms with Crippen LogP contribution in [0.3, 0.4) is 0 Å². The van der Waals surface area contributed by atoms with E-state index < -0.39 is 22.5 Å². The maximum Gasteiger partial charge on any atom is 0.253 e. The van der Waals surface area contributed by atoms with Crippen molar-refractivity contribution < 1.29 is 17.9 Å². The van der Waals surface area contributed by atoms with Gasteiger partial charge >= 0.3 is 0 Å². The Morgan fingerprint density at radius 1 is 0.816 bits per heavy atom. The molecule has 12 nitrogen and oxygen atoms in total. The Labute approximate surface area is 279 Å². The van der Waals surface area contributed by atoms with Crippen molar-refractivity contribution in [2.45, 2.75) is 31.8 Å². The van der Waals surface area contributed by atoms with Crippen LogP contribution in [0.4, 0.5) is 20.2 Å². The Balaban J connectivity index is 1.15. The second-order valence-corrected chi connectivity index (χ2v) is 13.6. The van der Waals surface area contributed by atoms with Crippen molar-refractivity contribution in [2.75, 3.05) is 75.8 Å². The van der Waals surface area contributed by atoms with Crippen molar-refractivity contribution in [1.29, 1.82) is 0 Å². The number of anilines is 2. The standard InChI is InChI=1S/C35H36F2N8O4/c1-19-18-48-33-29-22(14-26(37)30(33)43-11-9-41(2)10-12-43)32(47)23(16-44(19)29)34-39-40-35(49-34)24-17-45(20-3-4-20)27-15-28(42-7-5-38-6-8-42)25(36)13-21(27)31(24)46/h13-17,19-20,38H,3-12,18H2,1-2H3/t19-/m1/s1. The summed E-state index contributed by atoms with van der Waals surface area (Å²) in [6, 6.07) is 4.34. The molecule has 9 rings (SSSR count). The lowest BCUT2D eigenvalue weighted by atomic mass is 10.1. The number of benzene rings is 2. The summed E-state index contributed by atoms with van der Waals surface area (Å²) in [4.78, 5) is 34.1. The Morgan fingerprint density at radius 2 is 1.47 bits per heavy atom. The minimum atomic E-state index is -0.530. The average Bonchev–Trinajstić information content (AvgIpc) is 3.84. The molecule has 1 saturated carbocycles. The van der Waals surface area contributed by atoms with Crippen molar-refractivity contribution in [2.24, 2.45) is 0 Å². The number of piperazine rings is 2. The zero-order valence-electron chi connectivity index (χ0n) is 27.3. The van der Waals surface area contributed by atoms with E-state index in [0.717, 1.165) is 39.0 Å². The molecule has 3 aliphatic heterocycles. The summed E-state index contributed by atoms with van der Waals surface area (Å²) in [6.45, 7) is 7.95. The molecule has 1 aliphatic carbocycles. The van der Waals surface area contributed by atoms with Crippen LogP contribution >= 0.6 is 0 Å². The fourth-order valence-corrected chi connectivity index (χ4v) is 7.44. The van der Waals surface area contributed by atoms with Crippen LogP contribution in [-0.4, -0.2) is 90.2 Å². The third-order valence-corrected chi connectivity index (χ3v) is 10.3. The number of fused-ring (bicyclic) bond motifs is 1. The van der Waals surface area contributed by atoms with Gasteiger partial charge in [0.15, 0.2) is 11.6 Å². The van der Waals surface area contributed by atoms with Crippen LogP contribution in [0.15, 0.2) is 44.6 Å². The van der Waals surface area contributed by atoms with E-state index in [2.05, 4.69) is 20.4 Å². The number of halogens is 2. The van der Waals surface area contributed by atoms with Gasteiger partial charge in [0.25, 0.3) is 11.8 Å². The molecule has 0 unspecified atom stereocenters. The molecule has 1 N–H and O–H groups in total. The van der Waals surface area contributed by atoms with E-state index in [1.807, 2.05) is 32.9 Å². The van der Waals surface area contributed by atoms with Crippen LogP contribution in [-0.2, 0) is 0 Å². The summed E-state index contributed by atoms with van der Waals surface area (Å²) in [5.41, 5.74) is 1.32. The minimum Gasteiger partial charge on any atom is -0.487 e. The summed E-state index contributed by atoms with van der Waals surface area (Å²) in [7, 11) is 2.03. The first-order chi connectivity index (χ1) is 23.8. The van der Waals surface area contributed by atoms with E-state index in [1.54, 1.807) is 18.5 Å². The number of hydrogen-bond donors (Lipinski definition) is 1. The molecule has 1 atom stereocenters. The molecule has 49 heavy (non-hydrogen) atoms. The number of nitrogens with zero attached hydrogens (tertiary/aromatic N) is 7. The largest absolute Gasteiger partial charge is 0.487 e. The first-order valence-corrected chi connectivity index (χ1v) is 16.9. The highest BCUT2D eigenvalue weighted by Gasteiger charge is 2.32. The van der Waals surface area contributed by atoms with Gasteiger partial charge in [0.1, 0.15) is 29.2 Å². The fourth-order valence-electron chi connectivity index (χ4n) is 7.44. The maximum atomic E-state index is 15.9. The minimum absolute atomic E-state index is 0.0744. The number of nitrogens with one attached hydrogen (secondary N) is 1. The van der Waals surface area contributed by atoms with E-state index in [9.17, 15) is 9.59 Å². The highest BCUT2D eigenvalue weighted by Crippen LogP contribution is 2.43. The Hall–Kier alpha value is -4.82. The van der Waals surface area contributed by atoms with Crippen molar-refractivity contribution >= 4 is 33.2 Å². The van der Waals surface area contributed by atoms with Gasteiger partial charge in [-0.3, -0.25) is 9.59 Å². The normalized spacial score (nSPS) is 20.0. The first-order valence-electron chi connectivity index (χ1n) is 16.9. The first kappa shape index (κ1) is 30.3. The predicted octanol–water partition coefficient (Wildman–Crippen LogP) is 3.76. The SMILES string of the molecule is C[C@@H]1COc2c(N3CCN(C)CC3)c(F)cc3c(=O)c(-c4nnc(-c5cn(C6CC6)c6cc(N7CCNCC7)c(F)cc6c5=O)o4)cn1c23. The molecule has 0 radical (unpaired) electrons. The zero-order valence-corrected chi connectivity index (χ0v) is 27.3. The van der Waals surface area contributed by atoms with Gasteiger partial charge < -0.3 is 38.3 Å². The molecule has 3 aromatic heterocycles. The van der Waals surface area contributed by atoms with Crippen molar-refractivity contribution in [3.63, 3.8) is 0 Å². The summed E-state index contributed by atoms with van der Waals surface area (Å²) in [5, 5.41) is 12.0. The third-order valence-electron chi connectivity index (χ3n) is 10.3. The zero-order chi connectivity index (χ0) is 33.6. The van der Waals surface area contributed by atoms with Crippen molar-refractivity contribution in [1.82, 2.24) is 29.5 Å². The molecule has 4 aliphatic rings. The average molecular weight is 671 g/mol. The highest BCUT2D eigenvalue weighted by atomic mass is 19.1. The molecule has 2 aromatic carbocycles. The molecule has 0 spiro atoms. The summed E-state index contributed by atoms with van der Waals surface area (Å²) >= 11 is 0. The number of aromatic nitrogens is 4. The highest BCUT2D eigenvalue weighted by molar-refractivity contribution is 5.94. The number of ether oxygens (including phenoxy) is 1. The molecule has 5 aromatic rings. The second kappa shape index (κ2) is 11.4. The molecule has 0 amide bonds. The lowest BCUT2D eigenvalue weighted by Gasteiger charge is -2.37. The van der Waals surface area contributed by atoms with Crippen LogP contribution in [0.2, 0.25) is 0 Å². The number of rotatable bonds is 5. The third kappa shape index (κ3) is 4.91. The number of hydrogen-bond acceptors (Lipinski definition) is 10. The monoisotopic (exact) mass is 670 g/mol. The molecular weight excluding hydrogens is 634 g/mol. The van der Waals surface area contributed by atoms with E-state index in [4.69, 9.17) is 9.15 Å². The molecule has 3 fully saturated rings. The predicted molar refractivity (Wildman–Crippen MR) is 182 cm³/mol. The van der Waals surface area contributed by atoms with Gasteiger partial charge in [-0.15, -0.1) is 10.2 Å². The lowest BCUT2D eigenvalue weighted by Crippen LogP contribution is -2.45. The fraction of sp³-hybridized carbons (Fsp3) is 0.429. The molecule has 2 saturated heterocycles. The van der Waals surface area contributed by atoms with E-state index in [0.29, 0.717) is 54.3 Å². The van der Waals surface area contributed by atoms with Crippen molar-refractivity contribution in [3.8, 4) is 28.7 Å². The van der Waals surface area contributed by atoms with Gasteiger partial charge in [0.2, 0.25) is 10.9 Å². The van der Waals surface area contributed by atoms with Gasteiger partial charge in [-0.25, -0.2) is 8.78 Å². The van der Waals surface area contributed by atoms with Gasteiger partial charge in [-0.05, 0) is 45.0 Å². The van der Waals surface area contributed by atoms with E-state index in [1.165, 1.54) is 12.1 Å². The number of pyridine rings is 2. The molecule has 0 bridgehead atoms. The smallest absolute Gasteiger partial charge is 0.253 e. The maximum absolute atomic E-state index is 15.9. The van der Waals surface area contributed by atoms with Crippen molar-refractivity contribution in [3.05, 3.63) is 62.7 Å². The van der Waals surface area contributed by atoms with Crippen LogP contribution in [0.5, 0.6) is 5.75 Å². The van der Waals surface area contributed by atoms with Gasteiger partial charge in [-0.2, -0.15) is 0 Å². The van der Waals surface area contributed by atoms with Crippen LogP contribution in [0.25, 0.3) is 44.7 Å². The second-order valence-electron chi connectivity index (χ2n) is 13.6.